The van der Waals surface area contributed by atoms with Crippen LogP contribution in [-0.4, -0.2) is 10.7 Å². The molecule has 3 aromatic carbocycles. The summed E-state index contributed by atoms with van der Waals surface area (Å²) in [4.78, 5) is 26.7. The van der Waals surface area contributed by atoms with Gasteiger partial charge < -0.3 is 10.5 Å². The normalized spacial score (nSPS) is 17.9. The number of Topliss-reactive ketones (excluding diaryl/α,β-unsaturated/α-hetero) is 1. The number of ketones is 1. The van der Waals surface area contributed by atoms with Crippen molar-refractivity contribution in [3.05, 3.63) is 119 Å². The van der Waals surface area contributed by atoms with Crippen LogP contribution < -0.4 is 15.4 Å². The third-order valence-electron chi connectivity index (χ3n) is 8.02. The fourth-order valence-corrected chi connectivity index (χ4v) is 6.58. The average Bonchev–Trinajstić information content (AvgIpc) is 2.93. The van der Waals surface area contributed by atoms with Crippen molar-refractivity contribution in [1.82, 2.24) is 0 Å². The molecule has 1 aliphatic carbocycles. The maximum absolute atomic E-state index is 14.0. The highest BCUT2D eigenvalue weighted by atomic mass is 79.9. The SMILES string of the molecule is Cc1cc(C)c(C2C(C#N)=C(N)N(c3cc([N+](=O)[O-])ccc3Cl)C3=C2C(=O)CC(C)(C)C3)cc1COc1ccccc1Br. The first-order valence-electron chi connectivity index (χ1n) is 13.7. The quantitative estimate of drug-likeness (QED) is 0.209. The minimum atomic E-state index is -0.722. The molecule has 0 radical (unpaired) electrons. The van der Waals surface area contributed by atoms with Gasteiger partial charge in [-0.05, 0) is 82.1 Å². The number of nitriles is 1. The maximum atomic E-state index is 14.0. The number of non-ortho nitro benzene ring substituents is 1. The molecule has 0 amide bonds. The predicted molar refractivity (Wildman–Crippen MR) is 170 cm³/mol. The number of hydrogen-bond acceptors (Lipinski definition) is 7. The summed E-state index contributed by atoms with van der Waals surface area (Å²) >= 11 is 10.1. The van der Waals surface area contributed by atoms with Crippen LogP contribution in [0.5, 0.6) is 5.75 Å². The summed E-state index contributed by atoms with van der Waals surface area (Å²) in [5.41, 5.74) is 11.3. The van der Waals surface area contributed by atoms with E-state index in [-0.39, 0.29) is 46.6 Å². The minimum Gasteiger partial charge on any atom is -0.488 e. The molecule has 2 aliphatic rings. The molecule has 0 aromatic heterocycles. The second-order valence-corrected chi connectivity index (χ2v) is 13.0. The first-order chi connectivity index (χ1) is 20.3. The van der Waals surface area contributed by atoms with Crippen LogP contribution in [0.2, 0.25) is 5.02 Å². The number of nitro benzene ring substituents is 1. The summed E-state index contributed by atoms with van der Waals surface area (Å²) in [7, 11) is 0. The van der Waals surface area contributed by atoms with Gasteiger partial charge in [0.05, 0.1) is 37.7 Å². The van der Waals surface area contributed by atoms with E-state index >= 15 is 0 Å². The molecule has 5 rings (SSSR count). The Labute approximate surface area is 263 Å². The van der Waals surface area contributed by atoms with Crippen LogP contribution in [0.3, 0.4) is 0 Å². The van der Waals surface area contributed by atoms with E-state index in [9.17, 15) is 20.2 Å². The summed E-state index contributed by atoms with van der Waals surface area (Å²) in [5.74, 6) is -0.0398. The number of nitrogens with zero attached hydrogens (tertiary/aromatic N) is 3. The molecule has 1 atom stereocenters. The largest absolute Gasteiger partial charge is 0.488 e. The van der Waals surface area contributed by atoms with Crippen molar-refractivity contribution in [1.29, 1.82) is 5.26 Å². The van der Waals surface area contributed by atoms with E-state index in [0.29, 0.717) is 23.4 Å². The number of hydrogen-bond donors (Lipinski definition) is 1. The van der Waals surface area contributed by atoms with Crippen molar-refractivity contribution < 1.29 is 14.5 Å². The van der Waals surface area contributed by atoms with E-state index in [1.54, 1.807) is 4.90 Å². The molecule has 0 fully saturated rings. The molecule has 3 aromatic rings. The third kappa shape index (κ3) is 5.65. The number of carbonyl (C=O) groups excluding carboxylic acids is 1. The molecule has 43 heavy (non-hydrogen) atoms. The molecule has 1 heterocycles. The number of anilines is 1. The standard InChI is InChI=1S/C33H30BrClN4O4/c1-18-11-19(2)22(12-20(18)17-43-29-8-6-5-7-24(29)34)30-23(16-36)32(37)38(26-13-21(39(41)42)9-10-25(26)35)27-14-33(3,4)15-28(40)31(27)30/h5-13,30H,14-15,17,37H2,1-4H3. The highest BCUT2D eigenvalue weighted by Gasteiger charge is 2.45. The van der Waals surface area contributed by atoms with Crippen LogP contribution in [0.15, 0.2) is 81.7 Å². The number of para-hydroxylation sites is 1. The summed E-state index contributed by atoms with van der Waals surface area (Å²) in [6.07, 6.45) is 0.728. The molecule has 10 heteroatoms. The Bertz CT molecular complexity index is 1790. The lowest BCUT2D eigenvalue weighted by molar-refractivity contribution is -0.384. The van der Waals surface area contributed by atoms with Crippen LogP contribution in [-0.2, 0) is 11.4 Å². The third-order valence-corrected chi connectivity index (χ3v) is 8.99. The lowest BCUT2D eigenvalue weighted by Crippen LogP contribution is -2.42. The molecule has 0 spiro atoms. The number of benzene rings is 3. The second kappa shape index (κ2) is 11.5. The Balaban J connectivity index is 1.70. The van der Waals surface area contributed by atoms with Gasteiger partial charge in [0.25, 0.3) is 5.69 Å². The van der Waals surface area contributed by atoms with Crippen molar-refractivity contribution in [2.45, 2.75) is 53.1 Å². The fraction of sp³-hybridized carbons (Fsp3) is 0.273. The van der Waals surface area contributed by atoms with Crippen LogP contribution in [0.25, 0.3) is 0 Å². The van der Waals surface area contributed by atoms with Gasteiger partial charge in [-0.2, -0.15) is 5.26 Å². The van der Waals surface area contributed by atoms with Gasteiger partial charge in [-0.1, -0.05) is 49.7 Å². The Morgan fingerprint density at radius 2 is 1.88 bits per heavy atom. The van der Waals surface area contributed by atoms with Crippen LogP contribution in [0.1, 0.15) is 54.9 Å². The van der Waals surface area contributed by atoms with Gasteiger partial charge in [0, 0.05) is 29.8 Å². The molecular weight excluding hydrogens is 632 g/mol. The van der Waals surface area contributed by atoms with Crippen LogP contribution in [0, 0.1) is 40.7 Å². The van der Waals surface area contributed by atoms with E-state index in [4.69, 9.17) is 22.1 Å². The Hall–Kier alpha value is -4.13. The highest BCUT2D eigenvalue weighted by Crippen LogP contribution is 2.52. The van der Waals surface area contributed by atoms with Gasteiger partial charge in [-0.15, -0.1) is 0 Å². The molecule has 1 unspecified atom stereocenters. The number of nitrogens with two attached hydrogens (primary N) is 1. The van der Waals surface area contributed by atoms with Crippen molar-refractivity contribution in [2.24, 2.45) is 11.1 Å². The summed E-state index contributed by atoms with van der Waals surface area (Å²) in [6, 6.07) is 17.9. The number of rotatable bonds is 6. The smallest absolute Gasteiger partial charge is 0.271 e. The lowest BCUT2D eigenvalue weighted by atomic mass is 9.68. The maximum Gasteiger partial charge on any atom is 0.271 e. The number of nitro groups is 1. The topological polar surface area (TPSA) is 122 Å². The molecule has 0 bridgehead atoms. The van der Waals surface area contributed by atoms with Crippen molar-refractivity contribution >= 4 is 44.7 Å². The van der Waals surface area contributed by atoms with Crippen LogP contribution in [0.4, 0.5) is 11.4 Å². The van der Waals surface area contributed by atoms with Crippen molar-refractivity contribution in [3.8, 4) is 11.8 Å². The van der Waals surface area contributed by atoms with Gasteiger partial charge in [0.1, 0.15) is 18.2 Å². The summed E-state index contributed by atoms with van der Waals surface area (Å²) in [6.45, 7) is 8.21. The molecule has 0 saturated heterocycles. The summed E-state index contributed by atoms with van der Waals surface area (Å²) < 4.78 is 6.96. The number of carbonyl (C=O) groups is 1. The summed E-state index contributed by atoms with van der Waals surface area (Å²) in [5, 5.41) is 22.4. The zero-order valence-electron chi connectivity index (χ0n) is 24.2. The van der Waals surface area contributed by atoms with Crippen molar-refractivity contribution in [3.63, 3.8) is 0 Å². The Morgan fingerprint density at radius 3 is 2.56 bits per heavy atom. The van der Waals surface area contributed by atoms with Gasteiger partial charge in [0.2, 0.25) is 0 Å². The molecule has 220 valence electrons. The van der Waals surface area contributed by atoms with Crippen LogP contribution >= 0.6 is 27.5 Å². The highest BCUT2D eigenvalue weighted by molar-refractivity contribution is 9.10. The Morgan fingerprint density at radius 1 is 1.16 bits per heavy atom. The second-order valence-electron chi connectivity index (χ2n) is 11.7. The first-order valence-corrected chi connectivity index (χ1v) is 14.9. The number of allylic oxidation sites excluding steroid dienone is 3. The average molecular weight is 662 g/mol. The monoisotopic (exact) mass is 660 g/mol. The first kappa shape index (κ1) is 30.3. The zero-order chi connectivity index (χ0) is 31.2. The van der Waals surface area contributed by atoms with E-state index in [1.807, 2.05) is 64.1 Å². The van der Waals surface area contributed by atoms with E-state index in [1.165, 1.54) is 18.2 Å². The van der Waals surface area contributed by atoms with Gasteiger partial charge in [-0.3, -0.25) is 19.8 Å². The lowest BCUT2D eigenvalue weighted by Gasteiger charge is -2.44. The molecule has 2 N–H and O–H groups in total. The molecule has 0 saturated carbocycles. The van der Waals surface area contributed by atoms with Gasteiger partial charge in [-0.25, -0.2) is 0 Å². The zero-order valence-corrected chi connectivity index (χ0v) is 26.5. The number of ether oxygens (including phenoxy) is 1. The van der Waals surface area contributed by atoms with Gasteiger partial charge in [0.15, 0.2) is 5.78 Å². The predicted octanol–water partition coefficient (Wildman–Crippen LogP) is 8.15. The van der Waals surface area contributed by atoms with E-state index in [0.717, 1.165) is 26.7 Å². The molecule has 8 nitrogen and oxygen atoms in total. The van der Waals surface area contributed by atoms with E-state index in [2.05, 4.69) is 22.0 Å². The fourth-order valence-electron chi connectivity index (χ4n) is 5.98. The Kier molecular flexibility index (Phi) is 8.12. The minimum absolute atomic E-state index is 0.0881. The van der Waals surface area contributed by atoms with Crippen molar-refractivity contribution in [2.75, 3.05) is 4.90 Å². The number of aryl methyl sites for hydroxylation is 2. The molecular formula is C33H30BrClN4O4. The molecule has 1 aliphatic heterocycles. The number of halogens is 2. The van der Waals surface area contributed by atoms with E-state index < -0.39 is 16.3 Å². The van der Waals surface area contributed by atoms with Gasteiger partial charge >= 0.3 is 0 Å².